The van der Waals surface area contributed by atoms with E-state index in [0.717, 1.165) is 6.92 Å². The molecule has 0 aromatic carbocycles. The summed E-state index contributed by atoms with van der Waals surface area (Å²) in [5.41, 5.74) is 0. The van der Waals surface area contributed by atoms with E-state index in [1.165, 1.54) is 0 Å². The van der Waals surface area contributed by atoms with Gasteiger partial charge in [0.2, 0.25) is 0 Å². The van der Waals surface area contributed by atoms with Crippen molar-refractivity contribution in [2.45, 2.75) is 74.4 Å². The Balaban J connectivity index is 0.00000105. The maximum atomic E-state index is 9.94. The molecule has 2 saturated heterocycles. The van der Waals surface area contributed by atoms with Crippen molar-refractivity contribution in [2.24, 2.45) is 0 Å². The summed E-state index contributed by atoms with van der Waals surface area (Å²) < 4.78 is 15.3. The number of carbonyl (C=O) groups is 1. The van der Waals surface area contributed by atoms with E-state index in [0.29, 0.717) is 0 Å². The van der Waals surface area contributed by atoms with Gasteiger partial charge in [-0.15, -0.1) is 0 Å². The summed E-state index contributed by atoms with van der Waals surface area (Å²) in [7, 11) is 0. The van der Waals surface area contributed by atoms with Gasteiger partial charge in [0.1, 0.15) is 48.8 Å². The van der Waals surface area contributed by atoms with Gasteiger partial charge >= 0.3 is 29.6 Å². The van der Waals surface area contributed by atoms with Gasteiger partial charge in [0.25, 0.3) is 0 Å². The molecule has 0 saturated carbocycles. The van der Waals surface area contributed by atoms with E-state index in [2.05, 4.69) is 0 Å². The van der Waals surface area contributed by atoms with E-state index in [4.69, 9.17) is 24.4 Å². The minimum Gasteiger partial charge on any atom is -0.547 e. The predicted molar refractivity (Wildman–Crippen MR) is 85.3 cm³/mol. The molecule has 9 N–H and O–H groups in total. The number of aliphatic carboxylic acids is 1. The van der Waals surface area contributed by atoms with Crippen LogP contribution < -0.4 is 34.7 Å². The van der Waals surface area contributed by atoms with Crippen LogP contribution in [-0.2, 0) is 19.0 Å². The zero-order valence-corrected chi connectivity index (χ0v) is 18.3. The Hall–Kier alpha value is -0.0100. The molecule has 11 atom stereocenters. The summed E-state index contributed by atoms with van der Waals surface area (Å²) >= 11 is 0. The quantitative estimate of drug-likeness (QED) is 0.175. The first-order valence-corrected chi connectivity index (χ1v) is 8.61. The summed E-state index contributed by atoms with van der Waals surface area (Å²) in [6.45, 7) is -0.211. The van der Waals surface area contributed by atoms with Crippen molar-refractivity contribution in [1.29, 1.82) is 0 Å². The first-order valence-electron chi connectivity index (χ1n) is 8.61. The van der Waals surface area contributed by atoms with Crippen LogP contribution in [0.4, 0.5) is 0 Å². The van der Waals surface area contributed by atoms with Crippen LogP contribution in [0, 0.1) is 0 Å². The predicted octanol–water partition coefficient (Wildman–Crippen LogP) is -10.3. The number of hydrogen-bond acceptors (Lipinski definition) is 14. The minimum absolute atomic E-state index is 0. The number of rotatable bonds is 5. The van der Waals surface area contributed by atoms with Crippen LogP contribution in [-0.4, -0.2) is 133 Å². The number of ether oxygens (including phenoxy) is 3. The van der Waals surface area contributed by atoms with Crippen LogP contribution in [0.2, 0.25) is 0 Å². The fraction of sp³-hybridized carbons (Fsp3) is 0.933. The fourth-order valence-electron chi connectivity index (χ4n) is 2.57. The molecule has 2 unspecified atom stereocenters. The van der Waals surface area contributed by atoms with Crippen LogP contribution >= 0.6 is 0 Å². The molecule has 0 amide bonds. The molecule has 0 aromatic rings. The molecule has 0 radical (unpaired) electrons. The van der Waals surface area contributed by atoms with Gasteiger partial charge < -0.3 is 70.1 Å². The third-order valence-corrected chi connectivity index (χ3v) is 4.32. The average Bonchev–Trinajstić information content (AvgIpc) is 2.68. The van der Waals surface area contributed by atoms with Gasteiger partial charge in [-0.3, -0.25) is 0 Å². The molecule has 2 rings (SSSR count). The maximum absolute atomic E-state index is 9.94. The molecule has 2 fully saturated rings. The minimum atomic E-state index is -1.74. The number of carboxylic acids is 1. The Morgan fingerprint density at radius 2 is 1.40 bits per heavy atom. The van der Waals surface area contributed by atoms with Crippen molar-refractivity contribution in [3.05, 3.63) is 0 Å². The molecule has 2 aliphatic rings. The Kier molecular flexibility index (Phi) is 13.5. The van der Waals surface area contributed by atoms with E-state index >= 15 is 0 Å². The monoisotopic (exact) mass is 454 g/mol. The van der Waals surface area contributed by atoms with Crippen molar-refractivity contribution in [3.8, 4) is 0 Å². The summed E-state index contributed by atoms with van der Waals surface area (Å²) in [6.07, 6.45) is -16.9. The second-order valence-corrected chi connectivity index (χ2v) is 6.52. The summed E-state index contributed by atoms with van der Waals surface area (Å²) in [5.74, 6) is -1.44. The van der Waals surface area contributed by atoms with Crippen LogP contribution in [0.1, 0.15) is 6.92 Å². The van der Waals surface area contributed by atoms with Crippen molar-refractivity contribution in [3.63, 3.8) is 0 Å². The molecule has 15 heteroatoms. The number of aliphatic hydroxyl groups is 9. The van der Waals surface area contributed by atoms with E-state index in [9.17, 15) is 45.6 Å². The third-order valence-electron chi connectivity index (χ3n) is 4.32. The Morgan fingerprint density at radius 1 is 0.900 bits per heavy atom. The van der Waals surface area contributed by atoms with Crippen LogP contribution in [0.3, 0.4) is 0 Å². The van der Waals surface area contributed by atoms with E-state index < -0.39 is 86.7 Å². The fourth-order valence-corrected chi connectivity index (χ4v) is 2.57. The largest absolute Gasteiger partial charge is 1.00 e. The molecule has 0 aromatic heterocycles. The van der Waals surface area contributed by atoms with E-state index in [1.807, 2.05) is 0 Å². The van der Waals surface area contributed by atoms with Gasteiger partial charge in [-0.05, 0) is 6.92 Å². The second kappa shape index (κ2) is 13.5. The first-order chi connectivity index (χ1) is 13.5. The number of carbonyl (C=O) groups excluding carboxylic acids is 1. The molecular formula is C15H27NaO14. The SMILES string of the molecule is CC(O)C(=O)[O-].OC[C@H]1O[C@@H](O[C@H]2[C@H](O)[C@@H](O)C(O)O[C@@H]2CO)[C@H](O)[C@@H](O)[C@H]1O.[Na+]. The number of carboxylic acid groups (broad SMARTS) is 1. The molecular weight excluding hydrogens is 427 g/mol. The third kappa shape index (κ3) is 7.54. The van der Waals surface area contributed by atoms with E-state index in [1.54, 1.807) is 0 Å². The summed E-state index contributed by atoms with van der Waals surface area (Å²) in [5, 5.41) is 93.8. The van der Waals surface area contributed by atoms with Gasteiger partial charge in [0, 0.05) is 0 Å². The normalized spacial score (nSPS) is 42.3. The molecule has 2 aliphatic heterocycles. The van der Waals surface area contributed by atoms with Gasteiger partial charge in [-0.1, -0.05) is 0 Å². The second-order valence-electron chi connectivity index (χ2n) is 6.52. The van der Waals surface area contributed by atoms with Crippen molar-refractivity contribution < 1.29 is 99.6 Å². The number of aliphatic hydroxyl groups excluding tert-OH is 9. The topological polar surface area (TPSA) is 250 Å². The summed E-state index contributed by atoms with van der Waals surface area (Å²) in [6, 6.07) is 0. The van der Waals surface area contributed by atoms with Crippen LogP contribution in [0.25, 0.3) is 0 Å². The first kappa shape index (κ1) is 30.0. The van der Waals surface area contributed by atoms with Gasteiger partial charge in [-0.2, -0.15) is 0 Å². The van der Waals surface area contributed by atoms with Crippen LogP contribution in [0.15, 0.2) is 0 Å². The van der Waals surface area contributed by atoms with Crippen molar-refractivity contribution >= 4 is 5.97 Å². The maximum Gasteiger partial charge on any atom is 1.00 e. The molecule has 0 aliphatic carbocycles. The van der Waals surface area contributed by atoms with Gasteiger partial charge in [0.05, 0.1) is 25.3 Å². The average molecular weight is 454 g/mol. The molecule has 30 heavy (non-hydrogen) atoms. The van der Waals surface area contributed by atoms with Gasteiger partial charge in [0.15, 0.2) is 12.6 Å². The Bertz CT molecular complexity index is 506. The Labute approximate surface area is 193 Å². The van der Waals surface area contributed by atoms with Crippen molar-refractivity contribution in [1.82, 2.24) is 0 Å². The van der Waals surface area contributed by atoms with Crippen LogP contribution in [0.5, 0.6) is 0 Å². The number of hydrogen-bond donors (Lipinski definition) is 9. The molecule has 0 spiro atoms. The zero-order chi connectivity index (χ0) is 22.5. The zero-order valence-electron chi connectivity index (χ0n) is 16.3. The molecule has 172 valence electrons. The summed E-state index contributed by atoms with van der Waals surface area (Å²) in [4.78, 5) is 9.34. The van der Waals surface area contributed by atoms with Gasteiger partial charge in [-0.25, -0.2) is 0 Å². The van der Waals surface area contributed by atoms with E-state index in [-0.39, 0.29) is 29.6 Å². The standard InChI is InChI=1S/C12H22O11.C3H6O3.Na/c13-1-3-5(15)6(16)9(19)12(22-3)23-10-4(2-14)21-11(20)8(18)7(10)17;1-2(4)3(5)6;/h3-20H,1-2H2;2,4H,1H3,(H,5,6);/q;;+1/p-1/t3-,4-,5+,6+,7-,8-,9-,10-,11?,12+;;/m1../s1. The molecule has 14 nitrogen and oxygen atoms in total. The smallest absolute Gasteiger partial charge is 0.547 e. The Morgan fingerprint density at radius 3 is 1.83 bits per heavy atom. The van der Waals surface area contributed by atoms with Crippen molar-refractivity contribution in [2.75, 3.05) is 13.2 Å². The molecule has 2 heterocycles. The molecule has 0 bridgehead atoms.